The predicted molar refractivity (Wildman–Crippen MR) is 150 cm³/mol. The van der Waals surface area contributed by atoms with Crippen molar-refractivity contribution < 1.29 is 48.0 Å². The molecule has 0 spiro atoms. The average Bonchev–Trinajstić information content (AvgIpc) is 3.50. The second-order valence-electron chi connectivity index (χ2n) is 14.2. The molecule has 4 aliphatic carbocycles. The minimum absolute atomic E-state index is 0. The molecule has 4 rings (SSSR count). The van der Waals surface area contributed by atoms with Crippen LogP contribution in [0.5, 0.6) is 0 Å². The molecule has 0 atom stereocenters. The Morgan fingerprint density at radius 1 is 0.595 bits per heavy atom. The summed E-state index contributed by atoms with van der Waals surface area (Å²) in [5, 5.41) is 0. The van der Waals surface area contributed by atoms with Gasteiger partial charge in [-0.25, -0.2) is 0 Å². The predicted octanol–water partition coefficient (Wildman–Crippen LogP) is 4.77. The van der Waals surface area contributed by atoms with Crippen LogP contribution in [-0.2, 0) is 23.2 Å². The summed E-state index contributed by atoms with van der Waals surface area (Å²) in [6.07, 6.45) is 27.1. The molecular weight excluding hydrogens is 571 g/mol. The fourth-order valence-electron chi connectivity index (χ4n) is 8.26. The van der Waals surface area contributed by atoms with E-state index in [1.165, 1.54) is 77.0 Å². The van der Waals surface area contributed by atoms with Gasteiger partial charge in [0, 0.05) is 0 Å². The van der Waals surface area contributed by atoms with E-state index in [2.05, 4.69) is 79.7 Å². The van der Waals surface area contributed by atoms with E-state index in [0.29, 0.717) is 33.5 Å². The van der Waals surface area contributed by atoms with Crippen LogP contribution in [0.25, 0.3) is 0 Å². The van der Waals surface area contributed by atoms with E-state index < -0.39 is 23.2 Å². The van der Waals surface area contributed by atoms with Gasteiger partial charge >= 0.3 is 231 Å². The standard InChI is InChI=1S/2C17H27.2ClH.Zr/c2*1-14(2)16(3,4)17(12-8-5-9-13-17)15-10-6-7-11-15;;;/h2*6,10,14H,5,7-9,12-13H2,1-4H3;2*1H;/q;;;;+2/p-2. The van der Waals surface area contributed by atoms with Crippen LogP contribution in [0, 0.1) is 33.5 Å². The Balaban J connectivity index is 0.00000241. The van der Waals surface area contributed by atoms with E-state index in [9.17, 15) is 0 Å². The largest absolute Gasteiger partial charge is 1.00 e. The van der Waals surface area contributed by atoms with Gasteiger partial charge in [0.2, 0.25) is 0 Å². The van der Waals surface area contributed by atoms with E-state index in [-0.39, 0.29) is 24.8 Å². The van der Waals surface area contributed by atoms with E-state index in [1.807, 2.05) is 17.7 Å². The van der Waals surface area contributed by atoms with Crippen LogP contribution in [-0.4, -0.2) is 0 Å². The van der Waals surface area contributed by atoms with Crippen LogP contribution in [0.4, 0.5) is 0 Å². The van der Waals surface area contributed by atoms with Gasteiger partial charge in [-0.1, -0.05) is 0 Å². The molecule has 0 heterocycles. The minimum Gasteiger partial charge on any atom is -1.00 e. The van der Waals surface area contributed by atoms with Crippen molar-refractivity contribution in [2.75, 3.05) is 0 Å². The maximum Gasteiger partial charge on any atom is -1.00 e. The summed E-state index contributed by atoms with van der Waals surface area (Å²) in [5.41, 5.74) is 5.18. The van der Waals surface area contributed by atoms with Crippen molar-refractivity contribution in [3.05, 3.63) is 42.0 Å². The van der Waals surface area contributed by atoms with E-state index in [4.69, 9.17) is 0 Å². The summed E-state index contributed by atoms with van der Waals surface area (Å²) in [4.78, 5) is 0. The monoisotopic (exact) mass is 622 g/mol. The summed E-state index contributed by atoms with van der Waals surface area (Å²) >= 11 is -0.794. The van der Waals surface area contributed by atoms with Gasteiger partial charge in [0.05, 0.1) is 0 Å². The molecule has 2 fully saturated rings. The van der Waals surface area contributed by atoms with Gasteiger partial charge in [-0.05, 0) is 0 Å². The van der Waals surface area contributed by atoms with Crippen molar-refractivity contribution in [3.63, 3.8) is 0 Å². The Bertz CT molecular complexity index is 826. The molecule has 0 bridgehead atoms. The Hall–Kier alpha value is 0.423. The molecule has 0 N–H and O–H groups in total. The summed E-state index contributed by atoms with van der Waals surface area (Å²) in [5.74, 6) is 1.43. The van der Waals surface area contributed by atoms with Crippen molar-refractivity contribution in [2.24, 2.45) is 33.5 Å². The number of hydrogen-bond donors (Lipinski definition) is 0. The van der Waals surface area contributed by atoms with Crippen LogP contribution >= 0.6 is 0 Å². The van der Waals surface area contributed by atoms with Crippen molar-refractivity contribution in [2.45, 2.75) is 132 Å². The topological polar surface area (TPSA) is 0 Å². The molecule has 0 aliphatic heterocycles. The molecule has 37 heavy (non-hydrogen) atoms. The first-order valence-corrected chi connectivity index (χ1v) is 17.5. The molecule has 0 aromatic heterocycles. The normalized spacial score (nSPS) is 23.4. The van der Waals surface area contributed by atoms with Crippen LogP contribution in [0.2, 0.25) is 0 Å². The van der Waals surface area contributed by atoms with Gasteiger partial charge in [-0.2, -0.15) is 0 Å². The van der Waals surface area contributed by atoms with E-state index in [0.717, 1.165) is 0 Å². The van der Waals surface area contributed by atoms with Crippen molar-refractivity contribution in [1.82, 2.24) is 0 Å². The van der Waals surface area contributed by atoms with Crippen LogP contribution in [0.15, 0.2) is 42.0 Å². The van der Waals surface area contributed by atoms with Crippen molar-refractivity contribution in [3.8, 4) is 0 Å². The third-order valence-electron chi connectivity index (χ3n) is 12.0. The maximum absolute atomic E-state index is 2.63. The molecule has 2 saturated carbocycles. The Kier molecular flexibility index (Phi) is 11.8. The molecule has 0 aromatic carbocycles. The number of halogens is 2. The number of allylic oxidation sites excluding steroid dienone is 8. The number of hydrogen-bond acceptors (Lipinski definition) is 0. The van der Waals surface area contributed by atoms with Crippen LogP contribution in [0.1, 0.15) is 132 Å². The zero-order chi connectivity index (χ0) is 25.5. The molecule has 0 nitrogen and oxygen atoms in total. The Labute approximate surface area is 254 Å². The smallest absolute Gasteiger partial charge is 1.00 e. The molecule has 4 aliphatic rings. The van der Waals surface area contributed by atoms with Crippen LogP contribution < -0.4 is 24.8 Å². The summed E-state index contributed by atoms with van der Waals surface area (Å²) in [7, 11) is 0. The quantitative estimate of drug-likeness (QED) is 0.365. The Morgan fingerprint density at radius 3 is 1.22 bits per heavy atom. The summed E-state index contributed by atoms with van der Waals surface area (Å²) in [6, 6.07) is 0. The fraction of sp³-hybridized carbons (Fsp3) is 0.765. The van der Waals surface area contributed by atoms with Crippen molar-refractivity contribution in [1.29, 1.82) is 0 Å². The first-order chi connectivity index (χ1) is 16.5. The minimum atomic E-state index is -0.794. The van der Waals surface area contributed by atoms with Gasteiger partial charge in [-0.15, -0.1) is 0 Å². The number of rotatable bonds is 8. The third kappa shape index (κ3) is 5.78. The molecule has 208 valence electrons. The van der Waals surface area contributed by atoms with Gasteiger partial charge in [-0.3, -0.25) is 0 Å². The second kappa shape index (κ2) is 12.9. The van der Waals surface area contributed by atoms with Gasteiger partial charge < -0.3 is 24.8 Å². The first kappa shape index (κ1) is 33.6. The van der Waals surface area contributed by atoms with E-state index in [1.54, 1.807) is 0 Å². The van der Waals surface area contributed by atoms with Crippen LogP contribution in [0.3, 0.4) is 0 Å². The maximum atomic E-state index is 2.63. The van der Waals surface area contributed by atoms with Gasteiger partial charge in [0.25, 0.3) is 0 Å². The third-order valence-corrected chi connectivity index (χ3v) is 15.8. The molecule has 0 saturated heterocycles. The van der Waals surface area contributed by atoms with Gasteiger partial charge in [0.15, 0.2) is 0 Å². The second-order valence-corrected chi connectivity index (χ2v) is 17.7. The summed E-state index contributed by atoms with van der Waals surface area (Å²) < 4.78 is 3.88. The SMILES string of the molecule is CC(C)C(C)(C)C1(C2=[C]([Zr+2][C]3=C(C4(C(C)(C)C(C)C)CCCCC4)C=CC3)CC=C2)CCCCC1.[Cl-].[Cl-]. The molecular formula is C34H54Cl2Zr. The van der Waals surface area contributed by atoms with Gasteiger partial charge in [0.1, 0.15) is 0 Å². The zero-order valence-electron chi connectivity index (χ0n) is 25.2. The Morgan fingerprint density at radius 2 is 0.919 bits per heavy atom. The molecule has 0 aromatic rings. The molecule has 3 heteroatoms. The summed E-state index contributed by atoms with van der Waals surface area (Å²) in [6.45, 7) is 20.4. The first-order valence-electron chi connectivity index (χ1n) is 15.1. The average molecular weight is 625 g/mol. The van der Waals surface area contributed by atoms with Crippen molar-refractivity contribution >= 4 is 0 Å². The zero-order valence-corrected chi connectivity index (χ0v) is 29.2. The molecule has 0 unspecified atom stereocenters. The molecule has 0 amide bonds. The fourth-order valence-corrected chi connectivity index (χ4v) is 12.5. The van der Waals surface area contributed by atoms with E-state index >= 15 is 0 Å². The molecule has 0 radical (unpaired) electrons.